The summed E-state index contributed by atoms with van der Waals surface area (Å²) in [6.07, 6.45) is 1.82. The lowest BCUT2D eigenvalue weighted by Gasteiger charge is -2.24. The molecule has 2 aliphatic rings. The topological polar surface area (TPSA) is 88.4 Å². The molecule has 0 N–H and O–H groups in total. The maximum Gasteiger partial charge on any atom is 0.338 e. The van der Waals surface area contributed by atoms with E-state index < -0.39 is 12.0 Å². The Kier molecular flexibility index (Phi) is 6.67. The highest BCUT2D eigenvalue weighted by Gasteiger charge is 2.34. The zero-order chi connectivity index (χ0) is 28.0. The predicted octanol–water partition coefficient (Wildman–Crippen LogP) is 4.47. The minimum atomic E-state index is -0.745. The molecule has 0 bridgehead atoms. The van der Waals surface area contributed by atoms with Crippen LogP contribution in [0, 0.1) is 0 Å². The van der Waals surface area contributed by atoms with Crippen molar-refractivity contribution in [1.82, 2.24) is 4.57 Å². The third kappa shape index (κ3) is 4.46. The summed E-state index contributed by atoms with van der Waals surface area (Å²) in [6, 6.07) is 16.6. The van der Waals surface area contributed by atoms with E-state index in [4.69, 9.17) is 18.9 Å². The van der Waals surface area contributed by atoms with Gasteiger partial charge in [-0.1, -0.05) is 47.7 Å². The normalized spacial score (nSPS) is 16.3. The van der Waals surface area contributed by atoms with Crippen molar-refractivity contribution in [2.45, 2.75) is 39.8 Å². The number of aromatic nitrogens is 1. The number of rotatable bonds is 6. The summed E-state index contributed by atoms with van der Waals surface area (Å²) in [5.74, 6) is 1.35. The molecule has 40 heavy (non-hydrogen) atoms. The van der Waals surface area contributed by atoms with Crippen molar-refractivity contribution in [3.8, 4) is 17.2 Å². The van der Waals surface area contributed by atoms with Crippen LogP contribution in [0.25, 0.3) is 16.8 Å². The van der Waals surface area contributed by atoms with Gasteiger partial charge in [0.05, 0.1) is 34.6 Å². The summed E-state index contributed by atoms with van der Waals surface area (Å²) in [7, 11) is 0. The number of esters is 1. The van der Waals surface area contributed by atoms with Crippen LogP contribution in [-0.2, 0) is 9.53 Å². The fraction of sp³-hybridized carbons (Fsp3) is 0.258. The van der Waals surface area contributed by atoms with Gasteiger partial charge in [-0.3, -0.25) is 9.36 Å². The molecule has 0 unspecified atom stereocenters. The highest BCUT2D eigenvalue weighted by Crippen LogP contribution is 2.38. The van der Waals surface area contributed by atoms with Crippen LogP contribution in [0.5, 0.6) is 17.2 Å². The number of hydrogen-bond acceptors (Lipinski definition) is 8. The van der Waals surface area contributed by atoms with Crippen molar-refractivity contribution in [2.75, 3.05) is 13.4 Å². The molecule has 0 radical (unpaired) electrons. The molecule has 3 aromatic carbocycles. The molecule has 9 heteroatoms. The maximum absolute atomic E-state index is 14.1. The quantitative estimate of drug-likeness (QED) is 0.326. The van der Waals surface area contributed by atoms with Crippen LogP contribution in [0.1, 0.15) is 44.9 Å². The number of benzene rings is 3. The van der Waals surface area contributed by atoms with Gasteiger partial charge < -0.3 is 18.9 Å². The third-order valence-electron chi connectivity index (χ3n) is 6.80. The molecule has 2 aliphatic heterocycles. The summed E-state index contributed by atoms with van der Waals surface area (Å²) in [4.78, 5) is 32.5. The number of hydrogen-bond donors (Lipinski definition) is 0. The van der Waals surface area contributed by atoms with Gasteiger partial charge in [0, 0.05) is 5.56 Å². The first-order valence-electron chi connectivity index (χ1n) is 13.1. The van der Waals surface area contributed by atoms with E-state index in [9.17, 15) is 9.59 Å². The molecule has 0 fully saturated rings. The van der Waals surface area contributed by atoms with Crippen LogP contribution in [0.15, 0.2) is 75.7 Å². The summed E-state index contributed by atoms with van der Waals surface area (Å²) in [5, 5.41) is 2.01. The second-order valence-corrected chi connectivity index (χ2v) is 10.8. The van der Waals surface area contributed by atoms with Crippen molar-refractivity contribution >= 4 is 34.2 Å². The first kappa shape index (κ1) is 25.9. The Bertz CT molecular complexity index is 1870. The Morgan fingerprint density at radius 3 is 2.75 bits per heavy atom. The highest BCUT2D eigenvalue weighted by atomic mass is 32.1. The molecule has 0 amide bonds. The lowest BCUT2D eigenvalue weighted by atomic mass is 9.95. The van der Waals surface area contributed by atoms with E-state index in [-0.39, 0.29) is 25.1 Å². The van der Waals surface area contributed by atoms with Crippen LogP contribution in [-0.4, -0.2) is 30.0 Å². The van der Waals surface area contributed by atoms with Crippen molar-refractivity contribution in [2.24, 2.45) is 4.99 Å². The summed E-state index contributed by atoms with van der Waals surface area (Å²) >= 11 is 1.28. The Hall–Kier alpha value is -4.37. The molecule has 0 saturated heterocycles. The van der Waals surface area contributed by atoms with Crippen LogP contribution in [0.4, 0.5) is 0 Å². The lowest BCUT2D eigenvalue weighted by molar-refractivity contribution is -0.139. The second-order valence-electron chi connectivity index (χ2n) is 9.78. The molecule has 0 saturated carbocycles. The van der Waals surface area contributed by atoms with Crippen LogP contribution < -0.4 is 29.1 Å². The summed E-state index contributed by atoms with van der Waals surface area (Å²) < 4.78 is 24.7. The molecular formula is C31H28N2O6S. The largest absolute Gasteiger partial charge is 0.490 e. The number of allylic oxidation sites excluding steroid dienone is 1. The van der Waals surface area contributed by atoms with Crippen molar-refractivity contribution in [3.05, 3.63) is 96.7 Å². The Morgan fingerprint density at radius 1 is 1.15 bits per heavy atom. The maximum atomic E-state index is 14.1. The van der Waals surface area contributed by atoms with Gasteiger partial charge >= 0.3 is 5.97 Å². The minimum Gasteiger partial charge on any atom is -0.490 e. The monoisotopic (exact) mass is 556 g/mol. The molecule has 204 valence electrons. The summed E-state index contributed by atoms with van der Waals surface area (Å²) in [6.45, 7) is 7.78. The van der Waals surface area contributed by atoms with Gasteiger partial charge in [-0.2, -0.15) is 0 Å². The van der Waals surface area contributed by atoms with E-state index in [1.165, 1.54) is 11.3 Å². The molecule has 0 spiro atoms. The van der Waals surface area contributed by atoms with Crippen LogP contribution in [0.2, 0.25) is 0 Å². The van der Waals surface area contributed by atoms with E-state index >= 15 is 0 Å². The lowest BCUT2D eigenvalue weighted by Crippen LogP contribution is -2.39. The summed E-state index contributed by atoms with van der Waals surface area (Å²) in [5.41, 5.74) is 2.07. The van der Waals surface area contributed by atoms with Gasteiger partial charge in [-0.05, 0) is 68.3 Å². The standard InChI is InChI=1S/C31H28N2O6S/c1-5-36-30(35)27-18(4)32-31-33(28(27)20-11-13-24-25(14-20)38-16-37-24)29(34)26(40-31)15-22-21-9-7-6-8-19(21)10-12-23(22)39-17(2)3/h6-15,17,28H,5,16H2,1-4H3/b26-15-/t28-/m1/s1. The van der Waals surface area contributed by atoms with E-state index in [1.54, 1.807) is 30.5 Å². The molecule has 1 atom stereocenters. The molecular weight excluding hydrogens is 528 g/mol. The smallest absolute Gasteiger partial charge is 0.338 e. The second kappa shape index (κ2) is 10.3. The molecule has 4 aromatic rings. The van der Waals surface area contributed by atoms with Crippen molar-refractivity contribution in [3.63, 3.8) is 0 Å². The number of carbonyl (C=O) groups is 1. The molecule has 0 aliphatic carbocycles. The van der Waals surface area contributed by atoms with E-state index in [0.717, 1.165) is 16.3 Å². The molecule has 6 rings (SSSR count). The van der Waals surface area contributed by atoms with E-state index in [0.29, 0.717) is 43.4 Å². The van der Waals surface area contributed by atoms with Gasteiger partial charge in [0.2, 0.25) is 6.79 Å². The van der Waals surface area contributed by atoms with Gasteiger partial charge in [0.15, 0.2) is 16.3 Å². The average Bonchev–Trinajstić information content (AvgIpc) is 3.52. The minimum absolute atomic E-state index is 0.0460. The van der Waals surface area contributed by atoms with Crippen LogP contribution >= 0.6 is 11.3 Å². The van der Waals surface area contributed by atoms with Crippen molar-refractivity contribution in [1.29, 1.82) is 0 Å². The number of carbonyl (C=O) groups excluding carboxylic acids is 1. The van der Waals surface area contributed by atoms with Gasteiger partial charge in [-0.15, -0.1) is 0 Å². The number of thiazole rings is 1. The molecule has 1 aromatic heterocycles. The first-order chi connectivity index (χ1) is 19.4. The Balaban J connectivity index is 1.59. The zero-order valence-corrected chi connectivity index (χ0v) is 23.4. The fourth-order valence-corrected chi connectivity index (χ4v) is 6.13. The number of ether oxygens (including phenoxy) is 4. The SMILES string of the molecule is CCOC(=O)C1=C(C)N=c2s/c(=C\c3c(OC(C)C)ccc4ccccc34)c(=O)n2[C@@H]1c1ccc2c(c1)OCO2. The van der Waals surface area contributed by atoms with Gasteiger partial charge in [0.1, 0.15) is 5.75 Å². The molecule has 3 heterocycles. The van der Waals surface area contributed by atoms with Crippen molar-refractivity contribution < 1.29 is 23.7 Å². The third-order valence-corrected chi connectivity index (χ3v) is 7.78. The highest BCUT2D eigenvalue weighted by molar-refractivity contribution is 7.07. The zero-order valence-electron chi connectivity index (χ0n) is 22.6. The van der Waals surface area contributed by atoms with Gasteiger partial charge in [0.25, 0.3) is 5.56 Å². The van der Waals surface area contributed by atoms with Gasteiger partial charge in [-0.25, -0.2) is 9.79 Å². The van der Waals surface area contributed by atoms with E-state index in [1.807, 2.05) is 62.4 Å². The van der Waals surface area contributed by atoms with E-state index in [2.05, 4.69) is 4.99 Å². The fourth-order valence-electron chi connectivity index (χ4n) is 5.10. The number of nitrogens with zero attached hydrogens (tertiary/aromatic N) is 2. The number of fused-ring (bicyclic) bond motifs is 3. The Morgan fingerprint density at radius 2 is 1.95 bits per heavy atom. The Labute approximate surface area is 234 Å². The first-order valence-corrected chi connectivity index (χ1v) is 13.9. The molecule has 8 nitrogen and oxygen atoms in total. The van der Waals surface area contributed by atoms with Crippen LogP contribution in [0.3, 0.4) is 0 Å². The average molecular weight is 557 g/mol. The predicted molar refractivity (Wildman–Crippen MR) is 153 cm³/mol.